The van der Waals surface area contributed by atoms with Crippen molar-refractivity contribution in [2.45, 2.75) is 57.4 Å². The number of hydrogen-bond acceptors (Lipinski definition) is 10. The quantitative estimate of drug-likeness (QED) is 0.224. The molecule has 3 fully saturated rings. The summed E-state index contributed by atoms with van der Waals surface area (Å²) in [6.45, 7) is 5.17. The van der Waals surface area contributed by atoms with Gasteiger partial charge >= 0.3 is 6.03 Å². The molecule has 2 N–H and O–H groups in total. The number of fused-ring (bicyclic) bond motifs is 1. The molecule has 15 nitrogen and oxygen atoms in total. The first-order valence-electron chi connectivity index (χ1n) is 14.5. The number of amides is 4. The molecule has 1 unspecified atom stereocenters. The maximum absolute atomic E-state index is 13.8. The van der Waals surface area contributed by atoms with Crippen molar-refractivity contribution in [1.82, 2.24) is 39.4 Å². The number of nitrogens with one attached hydrogen (secondary N) is 2. The lowest BCUT2D eigenvalue weighted by atomic mass is 10.0. The van der Waals surface area contributed by atoms with Crippen LogP contribution in [-0.2, 0) is 15.1 Å². The Kier molecular flexibility index (Phi) is 6.40. The molecule has 3 atom stereocenters. The fraction of sp³-hybridized carbons (Fsp3) is 0.414. The molecule has 2 aliphatic carbocycles. The highest BCUT2D eigenvalue weighted by molar-refractivity contribution is 6.13. The summed E-state index contributed by atoms with van der Waals surface area (Å²) in [4.78, 5) is 62.4. The van der Waals surface area contributed by atoms with Gasteiger partial charge in [0.1, 0.15) is 24.5 Å². The van der Waals surface area contributed by atoms with Crippen LogP contribution in [0.5, 0.6) is 0 Å². The highest BCUT2D eigenvalue weighted by Crippen LogP contribution is 2.46. The van der Waals surface area contributed by atoms with Gasteiger partial charge in [-0.3, -0.25) is 19.4 Å². The van der Waals surface area contributed by atoms with Crippen LogP contribution in [0.3, 0.4) is 0 Å². The SMILES string of the molecule is Cc1ccnc([C@H]2C[C@@H]2C(=O)Nc2cc([NH+]([O-])C(C)(C)c3nc4c(N5CC(=O)N(C)C5=O)cc(C5CC5)cn4n3)ncn2)n1. The van der Waals surface area contributed by atoms with Crippen LogP contribution < -0.4 is 15.3 Å². The molecule has 5 heterocycles. The lowest BCUT2D eigenvalue weighted by Gasteiger charge is -2.34. The van der Waals surface area contributed by atoms with E-state index in [0.29, 0.717) is 29.5 Å². The summed E-state index contributed by atoms with van der Waals surface area (Å²) in [6.07, 6.45) is 7.47. The van der Waals surface area contributed by atoms with Gasteiger partial charge in [0, 0.05) is 37.0 Å². The molecule has 3 aliphatic rings. The number of anilines is 2. The molecule has 15 heteroatoms. The predicted octanol–water partition coefficient (Wildman–Crippen LogP) is 1.59. The minimum Gasteiger partial charge on any atom is -0.627 e. The van der Waals surface area contributed by atoms with Crippen LogP contribution in [0, 0.1) is 18.0 Å². The van der Waals surface area contributed by atoms with Crippen LogP contribution >= 0.6 is 0 Å². The molecular formula is C29H31N11O4. The van der Waals surface area contributed by atoms with Gasteiger partial charge in [-0.25, -0.2) is 29.2 Å². The Balaban J connectivity index is 1.14. The maximum atomic E-state index is 13.8. The number of urea groups is 1. The van der Waals surface area contributed by atoms with E-state index in [9.17, 15) is 19.6 Å². The summed E-state index contributed by atoms with van der Waals surface area (Å²) in [5, 5.41) is 20.9. The summed E-state index contributed by atoms with van der Waals surface area (Å²) in [6, 6.07) is 4.70. The topological polar surface area (TPSA) is 179 Å². The molecular weight excluding hydrogens is 566 g/mol. The van der Waals surface area contributed by atoms with E-state index in [2.05, 4.69) is 30.4 Å². The Bertz CT molecular complexity index is 1840. The van der Waals surface area contributed by atoms with E-state index in [1.807, 2.05) is 25.3 Å². The van der Waals surface area contributed by atoms with Crippen molar-refractivity contribution in [3.63, 3.8) is 0 Å². The Hall–Kier alpha value is -4.89. The number of quaternary nitrogens is 1. The summed E-state index contributed by atoms with van der Waals surface area (Å²) >= 11 is 0. The second-order valence-corrected chi connectivity index (χ2v) is 12.2. The van der Waals surface area contributed by atoms with Crippen LogP contribution in [0.1, 0.15) is 67.9 Å². The van der Waals surface area contributed by atoms with Crippen molar-refractivity contribution in [3.05, 3.63) is 65.0 Å². The molecule has 4 aromatic rings. The van der Waals surface area contributed by atoms with Gasteiger partial charge in [-0.15, -0.1) is 5.10 Å². The normalized spacial score (nSPS) is 20.8. The van der Waals surface area contributed by atoms with E-state index in [1.165, 1.54) is 24.3 Å². The van der Waals surface area contributed by atoms with Crippen molar-refractivity contribution in [2.75, 3.05) is 23.8 Å². The molecule has 7 rings (SSSR count). The Morgan fingerprint density at radius 2 is 1.93 bits per heavy atom. The number of hydroxylamine groups is 1. The van der Waals surface area contributed by atoms with E-state index >= 15 is 0 Å². The van der Waals surface area contributed by atoms with E-state index < -0.39 is 11.6 Å². The number of rotatable bonds is 8. The largest absolute Gasteiger partial charge is 0.627 e. The van der Waals surface area contributed by atoms with Gasteiger partial charge in [-0.1, -0.05) is 0 Å². The summed E-state index contributed by atoms with van der Waals surface area (Å²) in [7, 11) is 1.45. The van der Waals surface area contributed by atoms with Gasteiger partial charge in [-0.2, -0.15) is 4.98 Å². The zero-order chi connectivity index (χ0) is 30.9. The van der Waals surface area contributed by atoms with Gasteiger partial charge in [0.25, 0.3) is 0 Å². The molecule has 4 amide bonds. The number of carbonyl (C=O) groups is 3. The van der Waals surface area contributed by atoms with Crippen LogP contribution in [0.25, 0.3) is 5.65 Å². The van der Waals surface area contributed by atoms with E-state index in [4.69, 9.17) is 4.98 Å². The summed E-state index contributed by atoms with van der Waals surface area (Å²) in [5.41, 5.74) is 1.44. The van der Waals surface area contributed by atoms with Crippen LogP contribution in [0.2, 0.25) is 0 Å². The van der Waals surface area contributed by atoms with Crippen LogP contribution in [0.4, 0.5) is 22.1 Å². The van der Waals surface area contributed by atoms with Crippen molar-refractivity contribution >= 4 is 40.8 Å². The van der Waals surface area contributed by atoms with Gasteiger partial charge in [-0.05, 0) is 63.6 Å². The summed E-state index contributed by atoms with van der Waals surface area (Å²) in [5.74, 6) is 0.642. The van der Waals surface area contributed by atoms with Gasteiger partial charge < -0.3 is 15.6 Å². The lowest BCUT2D eigenvalue weighted by Crippen LogP contribution is -3.09. The number of carbonyl (C=O) groups excluding carboxylic acids is 3. The lowest BCUT2D eigenvalue weighted by molar-refractivity contribution is -0.847. The number of nitrogens with zero attached hydrogens (tertiary/aromatic N) is 9. The maximum Gasteiger partial charge on any atom is 0.331 e. The smallest absolute Gasteiger partial charge is 0.331 e. The number of hydrogen-bond donors (Lipinski definition) is 2. The minimum atomic E-state index is -1.23. The van der Waals surface area contributed by atoms with Crippen LogP contribution in [0.15, 0.2) is 36.9 Å². The average molecular weight is 598 g/mol. The molecule has 4 aromatic heterocycles. The third kappa shape index (κ3) is 4.83. The molecule has 1 aliphatic heterocycles. The van der Waals surface area contributed by atoms with Crippen molar-refractivity contribution in [2.24, 2.45) is 5.92 Å². The third-order valence-corrected chi connectivity index (χ3v) is 8.51. The number of likely N-dealkylation sites (N-methyl/N-ethyl adjacent to an activating group) is 1. The molecule has 1 saturated heterocycles. The Morgan fingerprint density at radius 1 is 1.14 bits per heavy atom. The van der Waals surface area contributed by atoms with E-state index in [0.717, 1.165) is 29.0 Å². The number of aromatic nitrogens is 7. The second-order valence-electron chi connectivity index (χ2n) is 12.2. The van der Waals surface area contributed by atoms with Gasteiger partial charge in [0.05, 0.1) is 11.8 Å². The first-order chi connectivity index (χ1) is 21.0. The zero-order valence-corrected chi connectivity index (χ0v) is 24.7. The highest BCUT2D eigenvalue weighted by Gasteiger charge is 2.46. The number of aryl methyl sites for hydroxylation is 1. The molecule has 0 spiro atoms. The molecule has 44 heavy (non-hydrogen) atoms. The number of pyridine rings is 1. The predicted molar refractivity (Wildman–Crippen MR) is 156 cm³/mol. The molecule has 226 valence electrons. The van der Waals surface area contributed by atoms with Gasteiger partial charge in [0.2, 0.25) is 23.5 Å². The average Bonchev–Trinajstić information content (AvgIpc) is 3.93. The fourth-order valence-corrected chi connectivity index (χ4v) is 5.48. The van der Waals surface area contributed by atoms with Crippen molar-refractivity contribution < 1.29 is 19.4 Å². The Morgan fingerprint density at radius 3 is 2.64 bits per heavy atom. The monoisotopic (exact) mass is 597 g/mol. The van der Waals surface area contributed by atoms with Crippen molar-refractivity contribution in [1.29, 1.82) is 0 Å². The van der Waals surface area contributed by atoms with Crippen LogP contribution in [-0.4, -0.2) is 70.9 Å². The van der Waals surface area contributed by atoms with E-state index in [-0.39, 0.29) is 52.7 Å². The first-order valence-corrected chi connectivity index (χ1v) is 14.5. The molecule has 2 saturated carbocycles. The highest BCUT2D eigenvalue weighted by atomic mass is 16.5. The van der Waals surface area contributed by atoms with Gasteiger partial charge in [0.15, 0.2) is 11.2 Å². The van der Waals surface area contributed by atoms with E-state index in [1.54, 1.807) is 24.6 Å². The summed E-state index contributed by atoms with van der Waals surface area (Å²) < 4.78 is 1.58. The molecule has 0 radical (unpaired) electrons. The number of imide groups is 1. The molecule has 0 aromatic carbocycles. The zero-order valence-electron chi connectivity index (χ0n) is 24.7. The fourth-order valence-electron chi connectivity index (χ4n) is 5.48. The minimum absolute atomic E-state index is 0.0578. The standard InChI is InChI=1S/C29H31N11O4/c1-15-7-8-30-24(33-15)18-10-19(18)26(42)34-21-11-22(32-14-31-21)40(44)29(2,3)27-35-25-20(38-13-23(41)37(4)28(38)43)9-17(16-5-6-16)12-39(25)36-27/h7-9,11-12,14,16,18-19,40H,5-6,10,13H2,1-4H3,(H,31,32,34,42)/t18-,19-/m0/s1. The Labute approximate surface area is 251 Å². The van der Waals surface area contributed by atoms with Crippen molar-refractivity contribution in [3.8, 4) is 0 Å². The third-order valence-electron chi connectivity index (χ3n) is 8.51. The molecule has 0 bridgehead atoms. The second kappa shape index (κ2) is 10.1. The first kappa shape index (κ1) is 27.9.